The summed E-state index contributed by atoms with van der Waals surface area (Å²) in [5, 5.41) is 3.26. The molecule has 0 radical (unpaired) electrons. The number of nitrogens with one attached hydrogen (secondary N) is 1. The van der Waals surface area contributed by atoms with Crippen LogP contribution in [0.1, 0.15) is 66.8 Å². The summed E-state index contributed by atoms with van der Waals surface area (Å²) < 4.78 is 12.0. The predicted molar refractivity (Wildman–Crippen MR) is 135 cm³/mol. The van der Waals surface area contributed by atoms with Crippen LogP contribution in [0.25, 0.3) is 0 Å². The second-order valence-electron chi connectivity index (χ2n) is 9.57. The Hall–Kier alpha value is -2.82. The zero-order valence-corrected chi connectivity index (χ0v) is 21.9. The van der Waals surface area contributed by atoms with E-state index >= 15 is 0 Å². The first-order valence-corrected chi connectivity index (χ1v) is 12.3. The van der Waals surface area contributed by atoms with Gasteiger partial charge in [-0.2, -0.15) is 0 Å². The predicted octanol–water partition coefficient (Wildman–Crippen LogP) is 4.38. The van der Waals surface area contributed by atoms with Crippen LogP contribution in [-0.2, 0) is 20.8 Å². The molecule has 2 aromatic rings. The molecule has 1 heterocycles. The summed E-state index contributed by atoms with van der Waals surface area (Å²) >= 11 is 6.50. The molecule has 0 saturated heterocycles. The normalized spacial score (nSPS) is 17.9. The maximum atomic E-state index is 13.4. The molecular weight excluding hydrogens is 466 g/mol. The lowest BCUT2D eigenvalue weighted by Gasteiger charge is -2.27. The zero-order chi connectivity index (χ0) is 25.6. The number of aryl methyl sites for hydroxylation is 1. The largest absolute Gasteiger partial charge is 0.469 e. The molecule has 1 fully saturated rings. The number of amides is 1. The van der Waals surface area contributed by atoms with Gasteiger partial charge in [-0.3, -0.25) is 9.59 Å². The minimum absolute atomic E-state index is 0.0484. The number of carbonyl (C=O) groups excluding carboxylic acids is 2. The Kier molecular flexibility index (Phi) is 8.98. The summed E-state index contributed by atoms with van der Waals surface area (Å²) in [7, 11) is 3.01. The number of methoxy groups -OCH3 is 2. The highest BCUT2D eigenvalue weighted by atomic mass is 35.5. The van der Waals surface area contributed by atoms with Gasteiger partial charge in [-0.15, -0.1) is 0 Å². The number of nitrogens with zero attached hydrogens (tertiary/aromatic N) is 2. The lowest BCUT2D eigenvalue weighted by Crippen LogP contribution is -2.34. The van der Waals surface area contributed by atoms with Gasteiger partial charge in [0, 0.05) is 13.7 Å². The van der Waals surface area contributed by atoms with Gasteiger partial charge in [-0.25, -0.2) is 4.98 Å². The number of esters is 1. The minimum Gasteiger partial charge on any atom is -0.469 e. The number of hydrogen-bond donors (Lipinski definition) is 1. The smallest absolute Gasteiger partial charge is 0.308 e. The number of imidazole rings is 1. The third kappa shape index (κ3) is 7.09. The van der Waals surface area contributed by atoms with E-state index in [9.17, 15) is 9.59 Å². The van der Waals surface area contributed by atoms with Crippen LogP contribution in [0, 0.1) is 30.6 Å². The van der Waals surface area contributed by atoms with E-state index < -0.39 is 5.60 Å². The number of rotatable bonds is 7. The highest BCUT2D eigenvalue weighted by Gasteiger charge is 2.28. The van der Waals surface area contributed by atoms with Gasteiger partial charge in [0.2, 0.25) is 5.28 Å². The first-order valence-electron chi connectivity index (χ1n) is 11.9. The summed E-state index contributed by atoms with van der Waals surface area (Å²) in [6, 6.07) is 8.05. The van der Waals surface area contributed by atoms with Crippen molar-refractivity contribution in [3.05, 3.63) is 52.1 Å². The van der Waals surface area contributed by atoms with Gasteiger partial charge in [0.25, 0.3) is 5.91 Å². The van der Waals surface area contributed by atoms with Gasteiger partial charge in [0.15, 0.2) is 0 Å². The number of aromatic nitrogens is 2. The molecule has 0 bridgehead atoms. The number of ether oxygens (including phenoxy) is 2. The van der Waals surface area contributed by atoms with E-state index in [-0.39, 0.29) is 23.1 Å². The maximum absolute atomic E-state index is 13.4. The molecule has 1 aromatic heterocycles. The Morgan fingerprint density at radius 3 is 2.43 bits per heavy atom. The summed E-state index contributed by atoms with van der Waals surface area (Å²) in [5.41, 5.74) is 2.11. The lowest BCUT2D eigenvalue weighted by molar-refractivity contribution is -0.146. The Morgan fingerprint density at radius 1 is 1.17 bits per heavy atom. The molecule has 0 spiro atoms. The topological polar surface area (TPSA) is 82.4 Å². The number of hydrogen-bond acceptors (Lipinski definition) is 5. The number of carbonyl (C=O) groups is 2. The molecule has 7 nitrogen and oxygen atoms in total. The second-order valence-corrected chi connectivity index (χ2v) is 9.90. The van der Waals surface area contributed by atoms with Crippen LogP contribution in [0.2, 0.25) is 5.28 Å². The van der Waals surface area contributed by atoms with Gasteiger partial charge in [-0.05, 0) is 75.5 Å². The fourth-order valence-electron chi connectivity index (χ4n) is 4.11. The molecule has 1 aromatic carbocycles. The minimum atomic E-state index is -0.695. The molecular formula is C27H34ClN3O4. The average Bonchev–Trinajstić information content (AvgIpc) is 3.17. The quantitative estimate of drug-likeness (QED) is 0.451. The summed E-state index contributed by atoms with van der Waals surface area (Å²) in [5.74, 6) is 5.86. The van der Waals surface area contributed by atoms with Crippen molar-refractivity contribution in [1.29, 1.82) is 0 Å². The van der Waals surface area contributed by atoms with Crippen LogP contribution < -0.4 is 5.32 Å². The van der Waals surface area contributed by atoms with E-state index in [1.54, 1.807) is 11.7 Å². The van der Waals surface area contributed by atoms with Crippen molar-refractivity contribution in [2.75, 3.05) is 20.8 Å². The third-order valence-corrected chi connectivity index (χ3v) is 6.81. The van der Waals surface area contributed by atoms with Crippen molar-refractivity contribution >= 4 is 23.5 Å². The molecule has 1 amide bonds. The second kappa shape index (κ2) is 11.7. The maximum Gasteiger partial charge on any atom is 0.308 e. The van der Waals surface area contributed by atoms with Crippen molar-refractivity contribution in [3.63, 3.8) is 0 Å². The van der Waals surface area contributed by atoms with Gasteiger partial charge in [-0.1, -0.05) is 35.7 Å². The molecule has 35 heavy (non-hydrogen) atoms. The summed E-state index contributed by atoms with van der Waals surface area (Å²) in [4.78, 5) is 29.6. The number of benzene rings is 1. The molecule has 1 saturated carbocycles. The molecule has 0 atom stereocenters. The van der Waals surface area contributed by atoms with Crippen molar-refractivity contribution in [3.8, 4) is 11.8 Å². The Labute approximate surface area is 212 Å². The first-order chi connectivity index (χ1) is 16.6. The number of halogens is 1. The van der Waals surface area contributed by atoms with Crippen molar-refractivity contribution in [2.45, 2.75) is 58.6 Å². The van der Waals surface area contributed by atoms with Crippen LogP contribution in [-0.4, -0.2) is 47.8 Å². The highest BCUT2D eigenvalue weighted by molar-refractivity contribution is 6.29. The van der Waals surface area contributed by atoms with E-state index in [1.165, 1.54) is 7.11 Å². The van der Waals surface area contributed by atoms with Gasteiger partial charge in [0.1, 0.15) is 17.0 Å². The monoisotopic (exact) mass is 499 g/mol. The highest BCUT2D eigenvalue weighted by Crippen LogP contribution is 2.29. The lowest BCUT2D eigenvalue weighted by atomic mass is 9.82. The van der Waals surface area contributed by atoms with Crippen molar-refractivity contribution in [1.82, 2.24) is 14.9 Å². The Morgan fingerprint density at radius 2 is 1.83 bits per heavy atom. The molecule has 0 unspecified atom stereocenters. The Bertz CT molecular complexity index is 1100. The van der Waals surface area contributed by atoms with E-state index in [0.29, 0.717) is 30.4 Å². The standard InChI is InChI=1S/C27H34ClN3O4/c1-18-6-8-20(9-7-18)17-31-23(22(30-26(31)28)14-15-27(2,3)35-5)24(32)29-16-19-10-12-21(13-11-19)25(33)34-4/h6-9,19,21H,10-13,16-17H2,1-5H3,(H,29,32). The fraction of sp³-hybridized carbons (Fsp3) is 0.519. The molecule has 1 aliphatic rings. The van der Waals surface area contributed by atoms with Crippen LogP contribution >= 0.6 is 11.6 Å². The van der Waals surface area contributed by atoms with Crippen molar-refractivity contribution < 1.29 is 19.1 Å². The molecule has 1 aliphatic carbocycles. The van der Waals surface area contributed by atoms with E-state index in [0.717, 1.165) is 36.8 Å². The van der Waals surface area contributed by atoms with Crippen LogP contribution in [0.4, 0.5) is 0 Å². The van der Waals surface area contributed by atoms with Crippen molar-refractivity contribution in [2.24, 2.45) is 11.8 Å². The molecule has 1 N–H and O–H groups in total. The van der Waals surface area contributed by atoms with Gasteiger partial charge < -0.3 is 19.4 Å². The zero-order valence-electron chi connectivity index (χ0n) is 21.1. The van der Waals surface area contributed by atoms with Gasteiger partial charge in [0.05, 0.1) is 19.6 Å². The van der Waals surface area contributed by atoms with E-state index in [4.69, 9.17) is 21.1 Å². The SMILES string of the molecule is COC(=O)C1CCC(CNC(=O)c2c(C#CC(C)(C)OC)nc(Cl)n2Cc2ccc(C)cc2)CC1. The fourth-order valence-corrected chi connectivity index (χ4v) is 4.34. The molecule has 3 rings (SSSR count). The summed E-state index contributed by atoms with van der Waals surface area (Å²) in [6.07, 6.45) is 3.26. The van der Waals surface area contributed by atoms with Crippen LogP contribution in [0.15, 0.2) is 24.3 Å². The van der Waals surface area contributed by atoms with Gasteiger partial charge >= 0.3 is 5.97 Å². The van der Waals surface area contributed by atoms with Crippen LogP contribution in [0.5, 0.6) is 0 Å². The van der Waals surface area contributed by atoms with Crippen LogP contribution in [0.3, 0.4) is 0 Å². The average molecular weight is 500 g/mol. The Balaban J connectivity index is 1.81. The first kappa shape index (κ1) is 26.8. The molecule has 0 aliphatic heterocycles. The molecule has 8 heteroatoms. The third-order valence-electron chi connectivity index (χ3n) is 6.52. The summed E-state index contributed by atoms with van der Waals surface area (Å²) in [6.45, 7) is 6.62. The molecule has 188 valence electrons. The van der Waals surface area contributed by atoms with E-state index in [2.05, 4.69) is 22.1 Å². The van der Waals surface area contributed by atoms with E-state index in [1.807, 2.05) is 45.0 Å².